The molecule has 0 amide bonds. The smallest absolute Gasteiger partial charge is 0.102 e. The molecule has 3 nitrogen and oxygen atoms in total. The van der Waals surface area contributed by atoms with Gasteiger partial charge < -0.3 is 4.40 Å². The van der Waals surface area contributed by atoms with Crippen LogP contribution in [0.5, 0.6) is 0 Å². The lowest BCUT2D eigenvalue weighted by Crippen LogP contribution is -2.22. The average molecular weight is 307 g/mol. The fraction of sp³-hybridized carbons (Fsp3) is 0.278. The summed E-state index contributed by atoms with van der Waals surface area (Å²) in [5, 5.41) is 11.7. The molecule has 0 bridgehead atoms. The van der Waals surface area contributed by atoms with E-state index in [0.29, 0.717) is 6.04 Å². The summed E-state index contributed by atoms with van der Waals surface area (Å²) in [5.74, 6) is 0. The molecule has 0 saturated carbocycles. The van der Waals surface area contributed by atoms with Crippen LogP contribution >= 0.6 is 11.3 Å². The maximum Gasteiger partial charge on any atom is 0.102 e. The van der Waals surface area contributed by atoms with Crippen molar-refractivity contribution in [3.8, 4) is 6.07 Å². The standard InChI is InChI=1S/C18H17N3S/c19-11-15-14(12-20-8-2-1-5-16(15)20)13-21-9-3-6-17(21)18-7-4-10-22-18/h1-2,4-5,7-8,10,12,17H,3,6,9,13H2. The van der Waals surface area contributed by atoms with Crippen LogP contribution < -0.4 is 0 Å². The number of pyridine rings is 1. The van der Waals surface area contributed by atoms with E-state index >= 15 is 0 Å². The van der Waals surface area contributed by atoms with Gasteiger partial charge in [-0.1, -0.05) is 12.1 Å². The Hall–Kier alpha value is -2.09. The molecule has 3 aromatic rings. The van der Waals surface area contributed by atoms with Crippen molar-refractivity contribution < 1.29 is 0 Å². The summed E-state index contributed by atoms with van der Waals surface area (Å²) in [4.78, 5) is 3.96. The molecule has 110 valence electrons. The zero-order valence-corrected chi connectivity index (χ0v) is 13.1. The molecule has 4 heterocycles. The zero-order valence-electron chi connectivity index (χ0n) is 12.3. The predicted molar refractivity (Wildman–Crippen MR) is 88.8 cm³/mol. The van der Waals surface area contributed by atoms with E-state index in [-0.39, 0.29) is 0 Å². The molecule has 0 aliphatic carbocycles. The van der Waals surface area contributed by atoms with Gasteiger partial charge in [0.25, 0.3) is 0 Å². The Labute approximate surface area is 134 Å². The van der Waals surface area contributed by atoms with Crippen LogP contribution in [-0.2, 0) is 6.54 Å². The Balaban J connectivity index is 1.67. The van der Waals surface area contributed by atoms with Gasteiger partial charge in [-0.25, -0.2) is 0 Å². The second kappa shape index (κ2) is 5.60. The summed E-state index contributed by atoms with van der Waals surface area (Å²) in [6, 6.07) is 13.3. The van der Waals surface area contributed by atoms with E-state index in [2.05, 4.69) is 39.1 Å². The van der Waals surface area contributed by atoms with Gasteiger partial charge in [0, 0.05) is 35.4 Å². The minimum atomic E-state index is 0.509. The van der Waals surface area contributed by atoms with E-state index in [4.69, 9.17) is 0 Å². The molecule has 0 N–H and O–H groups in total. The largest absolute Gasteiger partial charge is 0.322 e. The first-order chi connectivity index (χ1) is 10.9. The van der Waals surface area contributed by atoms with Crippen molar-refractivity contribution in [1.29, 1.82) is 5.26 Å². The first-order valence-electron chi connectivity index (χ1n) is 7.63. The molecule has 22 heavy (non-hydrogen) atoms. The lowest BCUT2D eigenvalue weighted by atomic mass is 10.1. The van der Waals surface area contributed by atoms with Crippen molar-refractivity contribution in [2.24, 2.45) is 0 Å². The summed E-state index contributed by atoms with van der Waals surface area (Å²) in [7, 11) is 0. The van der Waals surface area contributed by atoms with Crippen LogP contribution in [0.15, 0.2) is 48.1 Å². The molecule has 1 unspecified atom stereocenters. The number of nitrogens with zero attached hydrogens (tertiary/aromatic N) is 3. The highest BCUT2D eigenvalue weighted by molar-refractivity contribution is 7.10. The highest BCUT2D eigenvalue weighted by Crippen LogP contribution is 2.36. The van der Waals surface area contributed by atoms with E-state index < -0.39 is 0 Å². The number of fused-ring (bicyclic) bond motifs is 1. The second-order valence-electron chi connectivity index (χ2n) is 5.78. The molecular formula is C18H17N3S. The van der Waals surface area contributed by atoms with Crippen LogP contribution in [0.25, 0.3) is 5.52 Å². The lowest BCUT2D eigenvalue weighted by Gasteiger charge is -2.23. The molecule has 1 aliphatic rings. The van der Waals surface area contributed by atoms with E-state index in [9.17, 15) is 5.26 Å². The minimum Gasteiger partial charge on any atom is -0.322 e. The molecule has 0 spiro atoms. The fourth-order valence-corrected chi connectivity index (χ4v) is 4.36. The van der Waals surface area contributed by atoms with Crippen molar-refractivity contribution >= 4 is 16.9 Å². The second-order valence-corrected chi connectivity index (χ2v) is 6.76. The maximum atomic E-state index is 9.55. The molecule has 1 aliphatic heterocycles. The third kappa shape index (κ3) is 2.23. The van der Waals surface area contributed by atoms with E-state index in [1.54, 1.807) is 0 Å². The third-order valence-corrected chi connectivity index (χ3v) is 5.46. The topological polar surface area (TPSA) is 31.4 Å². The summed E-state index contributed by atoms with van der Waals surface area (Å²) >= 11 is 1.84. The Morgan fingerprint density at radius 2 is 2.23 bits per heavy atom. The first-order valence-corrected chi connectivity index (χ1v) is 8.51. The van der Waals surface area contributed by atoms with Crippen LogP contribution in [0, 0.1) is 11.3 Å². The molecule has 4 rings (SSSR count). The Morgan fingerprint density at radius 3 is 3.05 bits per heavy atom. The number of nitriles is 1. The summed E-state index contributed by atoms with van der Waals surface area (Å²) in [6.45, 7) is 1.97. The van der Waals surface area contributed by atoms with Crippen LogP contribution in [0.3, 0.4) is 0 Å². The molecule has 3 aromatic heterocycles. The van der Waals surface area contributed by atoms with Crippen LogP contribution in [0.2, 0.25) is 0 Å². The number of aromatic nitrogens is 1. The number of rotatable bonds is 3. The van der Waals surface area contributed by atoms with Crippen molar-refractivity contribution in [1.82, 2.24) is 9.30 Å². The fourth-order valence-electron chi connectivity index (χ4n) is 3.46. The SMILES string of the molecule is N#Cc1c(CN2CCCC2c2cccs2)cn2ccccc12. The van der Waals surface area contributed by atoms with Crippen LogP contribution in [-0.4, -0.2) is 15.8 Å². The van der Waals surface area contributed by atoms with Gasteiger partial charge in [-0.05, 0) is 43.0 Å². The van der Waals surface area contributed by atoms with Gasteiger partial charge in [0.1, 0.15) is 6.07 Å². The number of hydrogen-bond acceptors (Lipinski definition) is 3. The minimum absolute atomic E-state index is 0.509. The quantitative estimate of drug-likeness (QED) is 0.726. The number of hydrogen-bond donors (Lipinski definition) is 0. The molecule has 4 heteroatoms. The third-order valence-electron chi connectivity index (χ3n) is 4.48. The van der Waals surface area contributed by atoms with Gasteiger partial charge in [0.15, 0.2) is 0 Å². The van der Waals surface area contributed by atoms with Gasteiger partial charge in [-0.2, -0.15) is 5.26 Å². The van der Waals surface area contributed by atoms with Gasteiger partial charge >= 0.3 is 0 Å². The van der Waals surface area contributed by atoms with Crippen molar-refractivity contribution in [2.45, 2.75) is 25.4 Å². The van der Waals surface area contributed by atoms with Gasteiger partial charge in [-0.15, -0.1) is 11.3 Å². The van der Waals surface area contributed by atoms with Gasteiger partial charge in [-0.3, -0.25) is 4.90 Å². The molecule has 0 aromatic carbocycles. The van der Waals surface area contributed by atoms with Crippen molar-refractivity contribution in [3.63, 3.8) is 0 Å². The normalized spacial score (nSPS) is 18.8. The van der Waals surface area contributed by atoms with E-state index in [1.807, 2.05) is 35.7 Å². The Kier molecular flexibility index (Phi) is 3.45. The Bertz CT molecular complexity index is 826. The maximum absolute atomic E-state index is 9.55. The molecule has 0 radical (unpaired) electrons. The summed E-state index contributed by atoms with van der Waals surface area (Å²) < 4.78 is 2.06. The number of likely N-dealkylation sites (tertiary alicyclic amines) is 1. The van der Waals surface area contributed by atoms with Crippen molar-refractivity contribution in [3.05, 3.63) is 64.1 Å². The monoisotopic (exact) mass is 307 g/mol. The van der Waals surface area contributed by atoms with Gasteiger partial charge in [0.2, 0.25) is 0 Å². The predicted octanol–water partition coefficient (Wildman–Crippen LogP) is 4.21. The zero-order chi connectivity index (χ0) is 14.9. The lowest BCUT2D eigenvalue weighted by molar-refractivity contribution is 0.251. The average Bonchev–Trinajstić information content (AvgIpc) is 3.26. The molecule has 1 saturated heterocycles. The van der Waals surface area contributed by atoms with E-state index in [0.717, 1.165) is 29.7 Å². The van der Waals surface area contributed by atoms with Crippen LogP contribution in [0.1, 0.15) is 34.9 Å². The summed E-state index contributed by atoms with van der Waals surface area (Å²) in [6.07, 6.45) is 6.58. The van der Waals surface area contributed by atoms with E-state index in [1.165, 1.54) is 17.7 Å². The molecule has 1 atom stereocenters. The van der Waals surface area contributed by atoms with Gasteiger partial charge in [0.05, 0.1) is 11.1 Å². The first kappa shape index (κ1) is 13.6. The molecule has 1 fully saturated rings. The highest BCUT2D eigenvalue weighted by Gasteiger charge is 2.27. The number of thiophene rings is 1. The Morgan fingerprint density at radius 1 is 1.27 bits per heavy atom. The van der Waals surface area contributed by atoms with Crippen molar-refractivity contribution in [2.75, 3.05) is 6.54 Å². The highest BCUT2D eigenvalue weighted by atomic mass is 32.1. The molecular weight excluding hydrogens is 290 g/mol. The van der Waals surface area contributed by atoms with Crippen LogP contribution in [0.4, 0.5) is 0 Å². The summed E-state index contributed by atoms with van der Waals surface area (Å²) in [5.41, 5.74) is 2.96.